The van der Waals surface area contributed by atoms with Gasteiger partial charge in [-0.2, -0.15) is 0 Å². The second-order valence-electron chi connectivity index (χ2n) is 8.68. The van der Waals surface area contributed by atoms with E-state index < -0.39 is 17.9 Å². The van der Waals surface area contributed by atoms with Crippen molar-refractivity contribution in [3.05, 3.63) is 89.0 Å². The summed E-state index contributed by atoms with van der Waals surface area (Å²) < 4.78 is 11.4. The molecule has 218 valence electrons. The molecule has 0 aromatic heterocycles. The van der Waals surface area contributed by atoms with Crippen LogP contribution in [0.1, 0.15) is 31.0 Å². The third kappa shape index (κ3) is 9.43. The smallest absolute Gasteiger partial charge is 0.271 e. The van der Waals surface area contributed by atoms with E-state index in [1.807, 2.05) is 0 Å². The number of nitrogens with one attached hydrogen (secondary N) is 4. The number of nitrogens with two attached hydrogens (primary N) is 1. The predicted octanol–water partition coefficient (Wildman–Crippen LogP) is 3.39. The average molecular weight is 583 g/mol. The summed E-state index contributed by atoms with van der Waals surface area (Å²) in [5, 5.41) is 10.9. The van der Waals surface area contributed by atoms with Gasteiger partial charge in [0.15, 0.2) is 18.1 Å². The minimum Gasteiger partial charge on any atom is -0.490 e. The first-order chi connectivity index (χ1) is 19.5. The van der Waals surface area contributed by atoms with Crippen LogP contribution in [0, 0.1) is 5.41 Å². The quantitative estimate of drug-likeness (QED) is 0.0795. The zero-order valence-electron chi connectivity index (χ0n) is 23.4. The van der Waals surface area contributed by atoms with Crippen molar-refractivity contribution in [2.75, 3.05) is 32.6 Å². The Bertz CT molecular complexity index is 1340. The van der Waals surface area contributed by atoms with Gasteiger partial charge in [0.1, 0.15) is 11.9 Å². The highest BCUT2D eigenvalue weighted by Gasteiger charge is 2.24. The molecule has 41 heavy (non-hydrogen) atoms. The predicted molar refractivity (Wildman–Crippen MR) is 160 cm³/mol. The van der Waals surface area contributed by atoms with Gasteiger partial charge in [-0.25, -0.2) is 0 Å². The number of ether oxygens (including phenoxy) is 2. The summed E-state index contributed by atoms with van der Waals surface area (Å²) in [5.74, 6) is -0.936. The lowest BCUT2D eigenvalue weighted by molar-refractivity contribution is -0.130. The van der Waals surface area contributed by atoms with Crippen LogP contribution in [0.5, 0.6) is 11.5 Å². The highest BCUT2D eigenvalue weighted by molar-refractivity contribution is 6.35. The Morgan fingerprint density at radius 3 is 2.34 bits per heavy atom. The van der Waals surface area contributed by atoms with Gasteiger partial charge in [0.2, 0.25) is 0 Å². The van der Waals surface area contributed by atoms with Gasteiger partial charge in [0.25, 0.3) is 17.7 Å². The van der Waals surface area contributed by atoms with E-state index in [0.717, 1.165) is 0 Å². The molecule has 6 N–H and O–H groups in total. The number of carbonyl (C=O) groups excluding carboxylic acids is 3. The summed E-state index contributed by atoms with van der Waals surface area (Å²) in [4.78, 5) is 39.6. The van der Waals surface area contributed by atoms with Crippen molar-refractivity contribution in [2.45, 2.75) is 19.9 Å². The van der Waals surface area contributed by atoms with Crippen LogP contribution in [0.4, 0.5) is 5.69 Å². The fraction of sp³-hybridized carbons (Fsp3) is 0.241. The summed E-state index contributed by atoms with van der Waals surface area (Å²) in [7, 11) is 3.25. The molecule has 1 atom stereocenters. The molecule has 2 aromatic carbocycles. The van der Waals surface area contributed by atoms with Crippen LogP contribution in [-0.2, 0) is 14.4 Å². The van der Waals surface area contributed by atoms with Crippen molar-refractivity contribution in [2.24, 2.45) is 5.73 Å². The van der Waals surface area contributed by atoms with Gasteiger partial charge in [-0.15, -0.1) is 0 Å². The molecule has 0 aliphatic carbocycles. The second kappa shape index (κ2) is 15.7. The number of carbonyl (C=O) groups is 3. The van der Waals surface area contributed by atoms with Crippen molar-refractivity contribution in [1.29, 1.82) is 5.41 Å². The third-order valence-corrected chi connectivity index (χ3v) is 5.98. The maximum atomic E-state index is 13.4. The van der Waals surface area contributed by atoms with Crippen LogP contribution in [0.15, 0.2) is 77.9 Å². The van der Waals surface area contributed by atoms with Crippen molar-refractivity contribution < 1.29 is 23.9 Å². The molecular weight excluding hydrogens is 548 g/mol. The highest BCUT2D eigenvalue weighted by Crippen LogP contribution is 2.32. The van der Waals surface area contributed by atoms with E-state index in [2.05, 4.69) is 22.7 Å². The number of amides is 3. The average Bonchev–Trinajstić information content (AvgIpc) is 2.96. The van der Waals surface area contributed by atoms with Gasteiger partial charge in [0, 0.05) is 30.4 Å². The van der Waals surface area contributed by atoms with Gasteiger partial charge in [0.05, 0.1) is 12.2 Å². The van der Waals surface area contributed by atoms with E-state index >= 15 is 0 Å². The monoisotopic (exact) mass is 582 g/mol. The molecule has 2 aromatic rings. The molecule has 0 heterocycles. The van der Waals surface area contributed by atoms with Crippen LogP contribution >= 0.6 is 11.6 Å². The summed E-state index contributed by atoms with van der Waals surface area (Å²) in [5.41, 5.74) is 12.0. The van der Waals surface area contributed by atoms with Crippen molar-refractivity contribution in [3.63, 3.8) is 0 Å². The highest BCUT2D eigenvalue weighted by atomic mass is 35.5. The largest absolute Gasteiger partial charge is 0.490 e. The molecule has 0 aliphatic heterocycles. The lowest BCUT2D eigenvalue weighted by atomic mass is 10.0. The molecule has 0 spiro atoms. The first-order valence-electron chi connectivity index (χ1n) is 12.6. The standard InChI is InChI=1S/C29H35ClN6O5/c1-6-9-21(22(30)7-2)28(38)34-35-29(39)26(33-20-13-10-18(11-14-20)27(31)32)19-12-15-23(24(16-19)40-8-3)41-17-25(37)36(4)5/h6-7,9-16,26,33H,1,8,17H2,2-5H3,(H3,31,32)(H,34,38)(H,35,39)/b21-9+,22-7+. The van der Waals surface area contributed by atoms with Crippen molar-refractivity contribution in [3.8, 4) is 11.5 Å². The number of benzene rings is 2. The second-order valence-corrected chi connectivity index (χ2v) is 9.09. The SMILES string of the molecule is C=C/C=C(C(=O)NNC(=O)C(Nc1ccc(C(=N)N)cc1)c1ccc(OCC(=O)N(C)C)c(OCC)c1)\C(Cl)=C/C. The van der Waals surface area contributed by atoms with Gasteiger partial charge < -0.3 is 25.4 Å². The Labute approximate surface area is 244 Å². The fourth-order valence-electron chi connectivity index (χ4n) is 3.37. The number of rotatable bonds is 13. The Morgan fingerprint density at radius 2 is 1.78 bits per heavy atom. The Kier molecular flexibility index (Phi) is 12.4. The summed E-state index contributed by atoms with van der Waals surface area (Å²) in [6, 6.07) is 10.4. The van der Waals surface area contributed by atoms with E-state index in [-0.39, 0.29) is 29.0 Å². The number of amidine groups is 1. The molecule has 0 radical (unpaired) electrons. The van der Waals surface area contributed by atoms with Crippen LogP contribution in [0.3, 0.4) is 0 Å². The number of nitrogens with zero attached hydrogens (tertiary/aromatic N) is 1. The number of nitrogen functional groups attached to an aromatic ring is 1. The molecule has 12 heteroatoms. The molecule has 0 fully saturated rings. The molecule has 3 amide bonds. The minimum absolute atomic E-state index is 0.0959. The number of hydrogen-bond donors (Lipinski definition) is 5. The molecule has 0 saturated heterocycles. The van der Waals surface area contributed by atoms with E-state index in [4.69, 9.17) is 32.2 Å². The summed E-state index contributed by atoms with van der Waals surface area (Å²) in [6.07, 6.45) is 4.37. The van der Waals surface area contributed by atoms with Crippen LogP contribution in [-0.4, -0.2) is 55.8 Å². The first kappa shape index (κ1) is 32.4. The topological polar surface area (TPSA) is 159 Å². The maximum Gasteiger partial charge on any atom is 0.271 e. The molecule has 0 bridgehead atoms. The lowest BCUT2D eigenvalue weighted by Crippen LogP contribution is -2.46. The molecule has 1 unspecified atom stereocenters. The van der Waals surface area contributed by atoms with Crippen LogP contribution in [0.2, 0.25) is 0 Å². The summed E-state index contributed by atoms with van der Waals surface area (Å²) in [6.45, 7) is 7.15. The van der Waals surface area contributed by atoms with Crippen molar-refractivity contribution >= 4 is 40.8 Å². The van der Waals surface area contributed by atoms with E-state index in [0.29, 0.717) is 34.9 Å². The molecular formula is C29H35ClN6O5. The third-order valence-electron chi connectivity index (χ3n) is 5.56. The number of halogens is 1. The molecule has 11 nitrogen and oxygen atoms in total. The lowest BCUT2D eigenvalue weighted by Gasteiger charge is -2.22. The number of likely N-dealkylation sites (N-methyl/N-ethyl adjacent to an activating group) is 1. The number of anilines is 1. The summed E-state index contributed by atoms with van der Waals surface area (Å²) >= 11 is 6.13. The maximum absolute atomic E-state index is 13.4. The number of hydrogen-bond acceptors (Lipinski definition) is 7. The normalized spacial score (nSPS) is 12.0. The first-order valence-corrected chi connectivity index (χ1v) is 13.0. The Hall–Kier alpha value is -4.77. The zero-order chi connectivity index (χ0) is 30.5. The minimum atomic E-state index is -1.03. The van der Waals surface area contributed by atoms with Gasteiger partial charge in [-0.1, -0.05) is 36.4 Å². The van der Waals surface area contributed by atoms with E-state index in [1.165, 1.54) is 17.1 Å². The van der Waals surface area contributed by atoms with E-state index in [9.17, 15) is 14.4 Å². The Morgan fingerprint density at radius 1 is 1.10 bits per heavy atom. The molecule has 0 aliphatic rings. The number of hydrazine groups is 1. The fourth-order valence-corrected chi connectivity index (χ4v) is 3.52. The van der Waals surface area contributed by atoms with Gasteiger partial charge in [-0.3, -0.25) is 30.6 Å². The zero-order valence-corrected chi connectivity index (χ0v) is 24.2. The van der Waals surface area contributed by atoms with Crippen LogP contribution in [0.25, 0.3) is 0 Å². The van der Waals surface area contributed by atoms with Gasteiger partial charge >= 0.3 is 0 Å². The van der Waals surface area contributed by atoms with Crippen molar-refractivity contribution in [1.82, 2.24) is 15.8 Å². The number of allylic oxidation sites excluding steroid dienone is 3. The van der Waals surface area contributed by atoms with Gasteiger partial charge in [-0.05, 0) is 61.9 Å². The molecule has 0 saturated carbocycles. The van der Waals surface area contributed by atoms with E-state index in [1.54, 1.807) is 76.5 Å². The Balaban J connectivity index is 2.41. The van der Waals surface area contributed by atoms with Crippen LogP contribution < -0.4 is 31.4 Å². The molecule has 2 rings (SSSR count).